The van der Waals surface area contributed by atoms with Crippen LogP contribution in [0.5, 0.6) is 0 Å². The van der Waals surface area contributed by atoms with Crippen LogP contribution in [0.25, 0.3) is 0 Å². The van der Waals surface area contributed by atoms with E-state index < -0.39 is 16.4 Å². The summed E-state index contributed by atoms with van der Waals surface area (Å²) in [7, 11) is -3.46. The molecule has 0 amide bonds. The first-order valence-electron chi connectivity index (χ1n) is 11.4. The Labute approximate surface area is 190 Å². The molecule has 174 valence electrons. The normalized spacial score (nSPS) is 21.6. The highest BCUT2D eigenvalue weighted by molar-refractivity contribution is 7.91. The van der Waals surface area contributed by atoms with E-state index in [4.69, 9.17) is 9.84 Å². The molecule has 2 atom stereocenters. The van der Waals surface area contributed by atoms with Crippen molar-refractivity contribution < 1.29 is 18.3 Å². The van der Waals surface area contributed by atoms with Gasteiger partial charge in [0.05, 0.1) is 36.2 Å². The molecule has 1 saturated heterocycles. The highest BCUT2D eigenvalue weighted by Gasteiger charge is 2.43. The van der Waals surface area contributed by atoms with E-state index in [2.05, 4.69) is 26.8 Å². The molecule has 0 radical (unpaired) electrons. The Morgan fingerprint density at radius 1 is 1.12 bits per heavy atom. The van der Waals surface area contributed by atoms with E-state index >= 15 is 0 Å². The Balaban J connectivity index is 1.17. The second kappa shape index (κ2) is 10.2. The van der Waals surface area contributed by atoms with Gasteiger partial charge in [-0.05, 0) is 61.1 Å². The molecule has 3 heterocycles. The summed E-state index contributed by atoms with van der Waals surface area (Å²) in [6.07, 6.45) is 9.73. The first-order valence-corrected chi connectivity index (χ1v) is 13.1. The molecule has 0 spiro atoms. The van der Waals surface area contributed by atoms with Gasteiger partial charge in [-0.3, -0.25) is 4.98 Å². The molecule has 2 aliphatic rings. The van der Waals surface area contributed by atoms with Crippen LogP contribution in [0, 0.1) is 17.8 Å². The van der Waals surface area contributed by atoms with Crippen molar-refractivity contribution in [2.24, 2.45) is 17.8 Å². The molecule has 8 nitrogen and oxygen atoms in total. The van der Waals surface area contributed by atoms with E-state index in [1.54, 1.807) is 6.07 Å². The standard InChI is InChI=1S/C23H32N4O4S/c1-2-17-12-25-23(26-13-17)27-7-5-18(6-8-27)22-11-19(22)15-31-16-20-3-4-21(14-24-20)32(29,30)10-9-28/h3-4,12-14,18-19,22,28H,2,5-11,15-16H2,1H3/t19-,22+/m0/s1. The number of rotatable bonds is 10. The molecule has 0 aromatic carbocycles. The second-order valence-corrected chi connectivity index (χ2v) is 10.9. The van der Waals surface area contributed by atoms with Crippen LogP contribution in [0.1, 0.15) is 37.4 Å². The van der Waals surface area contributed by atoms with E-state index in [1.165, 1.54) is 37.1 Å². The summed E-state index contributed by atoms with van der Waals surface area (Å²) in [5, 5.41) is 8.86. The van der Waals surface area contributed by atoms with Crippen molar-refractivity contribution in [3.05, 3.63) is 42.0 Å². The topological polar surface area (TPSA) is 106 Å². The summed E-state index contributed by atoms with van der Waals surface area (Å²) in [5.41, 5.74) is 1.88. The molecule has 0 bridgehead atoms. The van der Waals surface area contributed by atoms with Crippen LogP contribution in [-0.4, -0.2) is 60.5 Å². The lowest BCUT2D eigenvalue weighted by atomic mass is 9.91. The minimum Gasteiger partial charge on any atom is -0.395 e. The third-order valence-corrected chi connectivity index (χ3v) is 8.28. The zero-order valence-corrected chi connectivity index (χ0v) is 19.4. The van der Waals surface area contributed by atoms with Gasteiger partial charge in [-0.1, -0.05) is 6.92 Å². The van der Waals surface area contributed by atoms with Crippen LogP contribution in [0.2, 0.25) is 0 Å². The number of pyridine rings is 1. The van der Waals surface area contributed by atoms with Crippen molar-refractivity contribution >= 4 is 15.8 Å². The number of aliphatic hydroxyl groups is 1. The molecule has 0 unspecified atom stereocenters. The van der Waals surface area contributed by atoms with Crippen LogP contribution in [0.3, 0.4) is 0 Å². The van der Waals surface area contributed by atoms with Crippen molar-refractivity contribution in [2.45, 2.75) is 44.1 Å². The Bertz CT molecular complexity index is 974. The molecule has 2 aromatic heterocycles. The van der Waals surface area contributed by atoms with Crippen LogP contribution in [0.15, 0.2) is 35.6 Å². The van der Waals surface area contributed by atoms with Gasteiger partial charge in [0.2, 0.25) is 5.95 Å². The molecule has 9 heteroatoms. The fraction of sp³-hybridized carbons (Fsp3) is 0.609. The molecular formula is C23H32N4O4S. The van der Waals surface area contributed by atoms with Gasteiger partial charge in [-0.25, -0.2) is 18.4 Å². The van der Waals surface area contributed by atoms with Gasteiger partial charge in [-0.15, -0.1) is 0 Å². The molecule has 32 heavy (non-hydrogen) atoms. The lowest BCUT2D eigenvalue weighted by molar-refractivity contribution is 0.102. The molecule has 2 fully saturated rings. The molecule has 1 saturated carbocycles. The average molecular weight is 461 g/mol. The van der Waals surface area contributed by atoms with Crippen LogP contribution >= 0.6 is 0 Å². The van der Waals surface area contributed by atoms with Gasteiger partial charge in [0.1, 0.15) is 0 Å². The summed E-state index contributed by atoms with van der Waals surface area (Å²) in [6, 6.07) is 3.21. The van der Waals surface area contributed by atoms with Gasteiger partial charge in [-0.2, -0.15) is 0 Å². The van der Waals surface area contributed by atoms with Crippen molar-refractivity contribution in [2.75, 3.05) is 37.0 Å². The van der Waals surface area contributed by atoms with Gasteiger partial charge >= 0.3 is 0 Å². The van der Waals surface area contributed by atoms with Crippen molar-refractivity contribution in [1.29, 1.82) is 0 Å². The first-order chi connectivity index (χ1) is 15.5. The maximum absolute atomic E-state index is 11.9. The Hall–Kier alpha value is -2.10. The van der Waals surface area contributed by atoms with E-state index in [0.717, 1.165) is 43.9 Å². The zero-order chi connectivity index (χ0) is 22.6. The van der Waals surface area contributed by atoms with Gasteiger partial charge < -0.3 is 14.7 Å². The SMILES string of the molecule is CCc1cnc(N2CCC([C@H]3C[C@H]3COCc3ccc(S(=O)(=O)CCO)cn3)CC2)nc1. The predicted molar refractivity (Wildman–Crippen MR) is 121 cm³/mol. The van der Waals surface area contributed by atoms with E-state index in [9.17, 15) is 8.42 Å². The Morgan fingerprint density at radius 2 is 1.88 bits per heavy atom. The number of nitrogens with zero attached hydrogens (tertiary/aromatic N) is 4. The summed E-state index contributed by atoms with van der Waals surface area (Å²) in [4.78, 5) is 15.7. The average Bonchev–Trinajstić information content (AvgIpc) is 3.59. The summed E-state index contributed by atoms with van der Waals surface area (Å²) in [6.45, 7) is 4.84. The predicted octanol–water partition coefficient (Wildman–Crippen LogP) is 2.27. The van der Waals surface area contributed by atoms with E-state index in [1.807, 2.05) is 12.4 Å². The van der Waals surface area contributed by atoms with Gasteiger partial charge in [0.25, 0.3) is 0 Å². The maximum atomic E-state index is 11.9. The summed E-state index contributed by atoms with van der Waals surface area (Å²) >= 11 is 0. The monoisotopic (exact) mass is 460 g/mol. The number of piperidine rings is 1. The lowest BCUT2D eigenvalue weighted by Crippen LogP contribution is -2.35. The highest BCUT2D eigenvalue weighted by Crippen LogP contribution is 2.48. The first kappa shape index (κ1) is 23.1. The van der Waals surface area contributed by atoms with E-state index in [0.29, 0.717) is 18.2 Å². The van der Waals surface area contributed by atoms with Gasteiger partial charge in [0, 0.05) is 31.7 Å². The fourth-order valence-electron chi connectivity index (χ4n) is 4.49. The second-order valence-electron chi connectivity index (χ2n) is 8.77. The van der Waals surface area contributed by atoms with E-state index in [-0.39, 0.29) is 10.6 Å². The smallest absolute Gasteiger partial charge is 0.225 e. The fourth-order valence-corrected chi connectivity index (χ4v) is 5.46. The number of aromatic nitrogens is 3. The molecule has 1 aliphatic carbocycles. The summed E-state index contributed by atoms with van der Waals surface area (Å²) < 4.78 is 29.7. The highest BCUT2D eigenvalue weighted by atomic mass is 32.2. The number of anilines is 1. The molecule has 2 aromatic rings. The van der Waals surface area contributed by atoms with Crippen molar-refractivity contribution in [3.8, 4) is 0 Å². The maximum Gasteiger partial charge on any atom is 0.225 e. The number of hydrogen-bond acceptors (Lipinski definition) is 8. The number of ether oxygens (including phenoxy) is 1. The minimum absolute atomic E-state index is 0.135. The van der Waals surface area contributed by atoms with Crippen LogP contribution in [-0.2, 0) is 27.6 Å². The third kappa shape index (κ3) is 5.63. The van der Waals surface area contributed by atoms with Crippen molar-refractivity contribution in [3.63, 3.8) is 0 Å². The third-order valence-electron chi connectivity index (χ3n) is 6.60. The molecular weight excluding hydrogens is 428 g/mol. The number of sulfone groups is 1. The number of aliphatic hydroxyl groups excluding tert-OH is 1. The lowest BCUT2D eigenvalue weighted by Gasteiger charge is -2.32. The van der Waals surface area contributed by atoms with Crippen LogP contribution in [0.4, 0.5) is 5.95 Å². The molecule has 4 rings (SSSR count). The minimum atomic E-state index is -3.46. The number of hydrogen-bond donors (Lipinski definition) is 1. The quantitative estimate of drug-likeness (QED) is 0.576. The largest absolute Gasteiger partial charge is 0.395 e. The molecule has 1 aliphatic heterocycles. The van der Waals surface area contributed by atoms with Gasteiger partial charge in [0.15, 0.2) is 9.84 Å². The Kier molecular flexibility index (Phi) is 7.37. The van der Waals surface area contributed by atoms with Crippen molar-refractivity contribution in [1.82, 2.24) is 15.0 Å². The molecule has 1 N–H and O–H groups in total. The Morgan fingerprint density at radius 3 is 2.50 bits per heavy atom. The zero-order valence-electron chi connectivity index (χ0n) is 18.6. The number of aryl methyl sites for hydroxylation is 1. The van der Waals surface area contributed by atoms with Crippen LogP contribution < -0.4 is 4.90 Å². The summed E-state index contributed by atoms with van der Waals surface area (Å²) in [5.74, 6) is 2.64.